The SMILES string of the molecule is CN=C(NCc1ccc(OC(C)C)cc1)NCc1sc(C)nc1C. The van der Waals surface area contributed by atoms with E-state index in [9.17, 15) is 0 Å². The first-order valence-corrected chi connectivity index (χ1v) is 8.92. The molecule has 0 saturated carbocycles. The van der Waals surface area contributed by atoms with E-state index in [1.807, 2.05) is 39.8 Å². The largest absolute Gasteiger partial charge is 0.491 e. The van der Waals surface area contributed by atoms with Gasteiger partial charge in [-0.2, -0.15) is 0 Å². The number of ether oxygens (including phenoxy) is 1. The van der Waals surface area contributed by atoms with E-state index in [4.69, 9.17) is 4.74 Å². The third-order valence-electron chi connectivity index (χ3n) is 3.39. The van der Waals surface area contributed by atoms with Crippen molar-refractivity contribution in [3.8, 4) is 5.75 Å². The molecule has 0 spiro atoms. The number of benzene rings is 1. The number of nitrogens with zero attached hydrogens (tertiary/aromatic N) is 2. The second-order valence-electron chi connectivity index (χ2n) is 5.83. The summed E-state index contributed by atoms with van der Waals surface area (Å²) in [5.41, 5.74) is 2.26. The predicted octanol–water partition coefficient (Wildman–Crippen LogP) is 3.41. The number of aliphatic imine (C=N–C) groups is 1. The molecule has 0 aliphatic carbocycles. The third kappa shape index (κ3) is 5.53. The number of rotatable bonds is 6. The average Bonchev–Trinajstić information content (AvgIpc) is 2.86. The second kappa shape index (κ2) is 8.68. The van der Waals surface area contributed by atoms with E-state index in [0.717, 1.165) is 29.0 Å². The van der Waals surface area contributed by atoms with Crippen molar-refractivity contribution in [2.45, 2.75) is 46.9 Å². The van der Waals surface area contributed by atoms with Gasteiger partial charge in [-0.25, -0.2) is 4.98 Å². The maximum absolute atomic E-state index is 5.66. The first-order chi connectivity index (χ1) is 11.5. The highest BCUT2D eigenvalue weighted by Crippen LogP contribution is 2.16. The molecule has 130 valence electrons. The second-order valence-corrected chi connectivity index (χ2v) is 7.12. The van der Waals surface area contributed by atoms with Gasteiger partial charge in [0, 0.05) is 18.5 Å². The average molecular weight is 347 g/mol. The van der Waals surface area contributed by atoms with E-state index in [1.165, 1.54) is 10.4 Å². The summed E-state index contributed by atoms with van der Waals surface area (Å²) in [4.78, 5) is 9.95. The van der Waals surface area contributed by atoms with Crippen LogP contribution in [0.15, 0.2) is 29.3 Å². The zero-order valence-corrected chi connectivity index (χ0v) is 15.8. The summed E-state index contributed by atoms with van der Waals surface area (Å²) in [6.07, 6.45) is 0.191. The van der Waals surface area contributed by atoms with Crippen LogP contribution < -0.4 is 15.4 Å². The molecule has 0 aliphatic heterocycles. The number of nitrogens with one attached hydrogen (secondary N) is 2. The fraction of sp³-hybridized carbons (Fsp3) is 0.444. The maximum atomic E-state index is 5.66. The zero-order valence-electron chi connectivity index (χ0n) is 15.0. The first kappa shape index (κ1) is 18.3. The highest BCUT2D eigenvalue weighted by Gasteiger charge is 2.06. The number of hydrogen-bond acceptors (Lipinski definition) is 4. The molecule has 0 amide bonds. The Morgan fingerprint density at radius 2 is 1.83 bits per heavy atom. The Balaban J connectivity index is 1.84. The number of guanidine groups is 1. The van der Waals surface area contributed by atoms with Crippen LogP contribution in [-0.2, 0) is 13.1 Å². The first-order valence-electron chi connectivity index (χ1n) is 8.11. The van der Waals surface area contributed by atoms with Crippen LogP contribution in [0.4, 0.5) is 0 Å². The summed E-state index contributed by atoms with van der Waals surface area (Å²) < 4.78 is 5.66. The molecule has 2 rings (SSSR count). The van der Waals surface area contributed by atoms with Gasteiger partial charge in [-0.1, -0.05) is 12.1 Å². The van der Waals surface area contributed by atoms with Crippen molar-refractivity contribution in [3.63, 3.8) is 0 Å². The van der Waals surface area contributed by atoms with Crippen LogP contribution in [0.3, 0.4) is 0 Å². The lowest BCUT2D eigenvalue weighted by Gasteiger charge is -2.13. The Hall–Kier alpha value is -2.08. The van der Waals surface area contributed by atoms with Crippen molar-refractivity contribution in [3.05, 3.63) is 45.4 Å². The lowest BCUT2D eigenvalue weighted by atomic mass is 10.2. The molecule has 6 heteroatoms. The van der Waals surface area contributed by atoms with Crippen LogP contribution in [0.5, 0.6) is 5.75 Å². The minimum atomic E-state index is 0.191. The van der Waals surface area contributed by atoms with Crippen LogP contribution in [0, 0.1) is 13.8 Å². The van der Waals surface area contributed by atoms with Gasteiger partial charge < -0.3 is 15.4 Å². The highest BCUT2D eigenvalue weighted by atomic mass is 32.1. The van der Waals surface area contributed by atoms with Crippen molar-refractivity contribution in [2.75, 3.05) is 7.05 Å². The zero-order chi connectivity index (χ0) is 17.5. The summed E-state index contributed by atoms with van der Waals surface area (Å²) in [5.74, 6) is 1.68. The molecule has 0 unspecified atom stereocenters. The molecule has 0 bridgehead atoms. The van der Waals surface area contributed by atoms with Gasteiger partial charge in [-0.3, -0.25) is 4.99 Å². The predicted molar refractivity (Wildman–Crippen MR) is 101 cm³/mol. The minimum absolute atomic E-state index is 0.191. The van der Waals surface area contributed by atoms with Gasteiger partial charge in [0.15, 0.2) is 5.96 Å². The molecule has 24 heavy (non-hydrogen) atoms. The van der Waals surface area contributed by atoms with Gasteiger partial charge in [-0.15, -0.1) is 11.3 Å². The molecule has 1 heterocycles. The van der Waals surface area contributed by atoms with Crippen LogP contribution in [0.25, 0.3) is 0 Å². The number of hydrogen-bond donors (Lipinski definition) is 2. The monoisotopic (exact) mass is 346 g/mol. The van der Waals surface area contributed by atoms with Crippen LogP contribution in [-0.4, -0.2) is 24.1 Å². The molecular formula is C18H26N4OS. The lowest BCUT2D eigenvalue weighted by molar-refractivity contribution is 0.242. The highest BCUT2D eigenvalue weighted by molar-refractivity contribution is 7.11. The Morgan fingerprint density at radius 1 is 1.17 bits per heavy atom. The summed E-state index contributed by atoms with van der Waals surface area (Å²) in [6.45, 7) is 9.56. The molecule has 2 N–H and O–H groups in total. The fourth-order valence-corrected chi connectivity index (χ4v) is 3.14. The molecule has 2 aromatic rings. The Bertz CT molecular complexity index is 677. The molecule has 1 aromatic heterocycles. The summed E-state index contributed by atoms with van der Waals surface area (Å²) in [5, 5.41) is 7.75. The topological polar surface area (TPSA) is 58.5 Å². The number of thiazole rings is 1. The molecule has 0 aliphatic rings. The Kier molecular flexibility index (Phi) is 6.61. The van der Waals surface area contributed by atoms with Crippen molar-refractivity contribution in [2.24, 2.45) is 4.99 Å². The third-order valence-corrected chi connectivity index (χ3v) is 4.47. The molecule has 0 fully saturated rings. The van der Waals surface area contributed by atoms with Crippen LogP contribution in [0.2, 0.25) is 0 Å². The lowest BCUT2D eigenvalue weighted by Crippen LogP contribution is -2.36. The number of aromatic nitrogens is 1. The normalized spacial score (nSPS) is 11.7. The van der Waals surface area contributed by atoms with Crippen molar-refractivity contribution in [1.82, 2.24) is 15.6 Å². The van der Waals surface area contributed by atoms with E-state index >= 15 is 0 Å². The quantitative estimate of drug-likeness (QED) is 0.622. The molecular weight excluding hydrogens is 320 g/mol. The van der Waals surface area contributed by atoms with Crippen molar-refractivity contribution < 1.29 is 4.74 Å². The van der Waals surface area contributed by atoms with E-state index in [1.54, 1.807) is 18.4 Å². The Labute approximate surface area is 148 Å². The smallest absolute Gasteiger partial charge is 0.191 e. The molecule has 1 aromatic carbocycles. The fourth-order valence-electron chi connectivity index (χ4n) is 2.27. The molecule has 0 radical (unpaired) electrons. The van der Waals surface area contributed by atoms with Crippen LogP contribution >= 0.6 is 11.3 Å². The van der Waals surface area contributed by atoms with Crippen LogP contribution in [0.1, 0.15) is 35.0 Å². The molecule has 5 nitrogen and oxygen atoms in total. The van der Waals surface area contributed by atoms with Gasteiger partial charge >= 0.3 is 0 Å². The van der Waals surface area contributed by atoms with E-state index in [-0.39, 0.29) is 6.10 Å². The van der Waals surface area contributed by atoms with E-state index in [2.05, 4.69) is 32.7 Å². The summed E-state index contributed by atoms with van der Waals surface area (Å²) in [6, 6.07) is 8.12. The number of aryl methyl sites for hydroxylation is 2. The summed E-state index contributed by atoms with van der Waals surface area (Å²) >= 11 is 1.72. The Morgan fingerprint density at radius 3 is 2.38 bits per heavy atom. The van der Waals surface area contributed by atoms with E-state index in [0.29, 0.717) is 6.54 Å². The van der Waals surface area contributed by atoms with Gasteiger partial charge in [0.05, 0.1) is 23.4 Å². The van der Waals surface area contributed by atoms with Gasteiger partial charge in [0.2, 0.25) is 0 Å². The van der Waals surface area contributed by atoms with Gasteiger partial charge in [0.1, 0.15) is 5.75 Å². The van der Waals surface area contributed by atoms with Crippen molar-refractivity contribution >= 4 is 17.3 Å². The molecule has 0 saturated heterocycles. The minimum Gasteiger partial charge on any atom is -0.491 e. The summed E-state index contributed by atoms with van der Waals surface area (Å²) in [7, 11) is 1.78. The maximum Gasteiger partial charge on any atom is 0.191 e. The van der Waals surface area contributed by atoms with Gasteiger partial charge in [-0.05, 0) is 45.4 Å². The molecule has 0 atom stereocenters. The van der Waals surface area contributed by atoms with E-state index < -0.39 is 0 Å². The van der Waals surface area contributed by atoms with Gasteiger partial charge in [0.25, 0.3) is 0 Å². The van der Waals surface area contributed by atoms with Crippen molar-refractivity contribution in [1.29, 1.82) is 0 Å². The standard InChI is InChI=1S/C18H26N4OS/c1-12(2)23-16-8-6-15(7-9-16)10-20-18(19-5)21-11-17-13(3)22-14(4)24-17/h6-9,12H,10-11H2,1-5H3,(H2,19,20,21).